The Labute approximate surface area is 98.1 Å². The van der Waals surface area contributed by atoms with Gasteiger partial charge in [0.25, 0.3) is 0 Å². The molecule has 2 unspecified atom stereocenters. The van der Waals surface area contributed by atoms with Crippen LogP contribution in [0.3, 0.4) is 0 Å². The van der Waals surface area contributed by atoms with Gasteiger partial charge < -0.3 is 4.52 Å². The summed E-state index contributed by atoms with van der Waals surface area (Å²) in [6.07, 6.45) is 2.52. The molecule has 2 aromatic rings. The van der Waals surface area contributed by atoms with Crippen LogP contribution in [0.15, 0.2) is 22.9 Å². The maximum Gasteiger partial charge on any atom is 0.231 e. The molecule has 5 heteroatoms. The van der Waals surface area contributed by atoms with E-state index in [1.54, 1.807) is 6.20 Å². The van der Waals surface area contributed by atoms with E-state index in [2.05, 4.69) is 21.2 Å². The summed E-state index contributed by atoms with van der Waals surface area (Å²) in [6.45, 7) is 1.95. The van der Waals surface area contributed by atoms with Crippen molar-refractivity contribution in [2.75, 3.05) is 0 Å². The van der Waals surface area contributed by atoms with Gasteiger partial charge in [-0.05, 0) is 25.0 Å². The van der Waals surface area contributed by atoms with Crippen LogP contribution >= 0.6 is 0 Å². The number of nitriles is 1. The second-order valence-electron chi connectivity index (χ2n) is 4.20. The molecule has 0 N–H and O–H groups in total. The van der Waals surface area contributed by atoms with E-state index in [0.717, 1.165) is 17.7 Å². The molecular weight excluding hydrogens is 216 g/mol. The SMILES string of the molecule is Cc1cccnc1-c1noc(C2CC2C#N)n1. The Kier molecular flexibility index (Phi) is 2.15. The first-order chi connectivity index (χ1) is 8.29. The molecule has 2 atom stereocenters. The van der Waals surface area contributed by atoms with E-state index in [4.69, 9.17) is 9.78 Å². The third-order valence-corrected chi connectivity index (χ3v) is 2.94. The molecule has 1 saturated carbocycles. The first-order valence-electron chi connectivity index (χ1n) is 5.45. The molecule has 17 heavy (non-hydrogen) atoms. The van der Waals surface area contributed by atoms with Gasteiger partial charge in [0.1, 0.15) is 5.69 Å². The van der Waals surface area contributed by atoms with Crippen LogP contribution in [0.1, 0.15) is 23.8 Å². The summed E-state index contributed by atoms with van der Waals surface area (Å²) < 4.78 is 5.18. The van der Waals surface area contributed by atoms with Crippen LogP contribution in [-0.2, 0) is 0 Å². The minimum atomic E-state index is 0.0353. The van der Waals surface area contributed by atoms with Gasteiger partial charge in [-0.1, -0.05) is 11.2 Å². The second kappa shape index (κ2) is 3.67. The molecule has 0 bridgehead atoms. The van der Waals surface area contributed by atoms with E-state index < -0.39 is 0 Å². The lowest BCUT2D eigenvalue weighted by Gasteiger charge is -1.96. The Bertz CT molecular complexity index is 599. The zero-order valence-electron chi connectivity index (χ0n) is 9.29. The summed E-state index contributed by atoms with van der Waals surface area (Å²) in [4.78, 5) is 8.54. The summed E-state index contributed by atoms with van der Waals surface area (Å²) in [5.41, 5.74) is 1.74. The van der Waals surface area contributed by atoms with E-state index in [1.165, 1.54) is 0 Å². The molecule has 0 spiro atoms. The van der Waals surface area contributed by atoms with Crippen molar-refractivity contribution in [3.8, 4) is 17.6 Å². The lowest BCUT2D eigenvalue weighted by molar-refractivity contribution is 0.378. The minimum absolute atomic E-state index is 0.0353. The summed E-state index contributed by atoms with van der Waals surface area (Å²) >= 11 is 0. The van der Waals surface area contributed by atoms with Crippen molar-refractivity contribution in [3.63, 3.8) is 0 Å². The lowest BCUT2D eigenvalue weighted by atomic mass is 10.2. The largest absolute Gasteiger partial charge is 0.339 e. The highest BCUT2D eigenvalue weighted by atomic mass is 16.5. The number of rotatable bonds is 2. The van der Waals surface area contributed by atoms with E-state index in [-0.39, 0.29) is 11.8 Å². The Morgan fingerprint density at radius 1 is 1.53 bits per heavy atom. The van der Waals surface area contributed by atoms with Gasteiger partial charge in [-0.2, -0.15) is 10.2 Å². The van der Waals surface area contributed by atoms with Crippen LogP contribution in [0.2, 0.25) is 0 Å². The molecule has 1 aliphatic carbocycles. The fourth-order valence-electron chi connectivity index (χ4n) is 1.81. The number of aryl methyl sites for hydroxylation is 1. The number of nitrogens with zero attached hydrogens (tertiary/aromatic N) is 4. The number of aromatic nitrogens is 3. The number of hydrogen-bond donors (Lipinski definition) is 0. The summed E-state index contributed by atoms with van der Waals surface area (Å²) in [7, 11) is 0. The van der Waals surface area contributed by atoms with Crippen LogP contribution < -0.4 is 0 Å². The monoisotopic (exact) mass is 226 g/mol. The standard InChI is InChI=1S/C12H10N4O/c1-7-3-2-4-14-10(7)11-15-12(17-16-11)9-5-8(9)6-13/h2-4,8-9H,5H2,1H3. The Balaban J connectivity index is 1.92. The molecule has 84 valence electrons. The van der Waals surface area contributed by atoms with Gasteiger partial charge >= 0.3 is 0 Å². The highest BCUT2D eigenvalue weighted by molar-refractivity contribution is 5.53. The maximum atomic E-state index is 8.75. The minimum Gasteiger partial charge on any atom is -0.339 e. The van der Waals surface area contributed by atoms with Crippen molar-refractivity contribution in [3.05, 3.63) is 29.8 Å². The quantitative estimate of drug-likeness (QED) is 0.783. The molecule has 0 radical (unpaired) electrons. The van der Waals surface area contributed by atoms with Gasteiger partial charge in [0.2, 0.25) is 11.7 Å². The van der Waals surface area contributed by atoms with E-state index in [9.17, 15) is 0 Å². The molecule has 5 nitrogen and oxygen atoms in total. The first-order valence-corrected chi connectivity index (χ1v) is 5.45. The van der Waals surface area contributed by atoms with Gasteiger partial charge in [-0.3, -0.25) is 4.98 Å². The fraction of sp³-hybridized carbons (Fsp3) is 0.333. The Hall–Kier alpha value is -2.22. The lowest BCUT2D eigenvalue weighted by Crippen LogP contribution is -1.89. The van der Waals surface area contributed by atoms with Gasteiger partial charge in [-0.15, -0.1) is 0 Å². The third-order valence-electron chi connectivity index (χ3n) is 2.94. The third kappa shape index (κ3) is 1.68. The maximum absolute atomic E-state index is 8.75. The first kappa shape index (κ1) is 9.97. The molecular formula is C12H10N4O. The number of hydrogen-bond acceptors (Lipinski definition) is 5. The highest BCUT2D eigenvalue weighted by Gasteiger charge is 2.43. The van der Waals surface area contributed by atoms with Crippen molar-refractivity contribution in [2.24, 2.45) is 5.92 Å². The molecule has 0 aliphatic heterocycles. The van der Waals surface area contributed by atoms with Crippen LogP contribution in [0.4, 0.5) is 0 Å². The average Bonchev–Trinajstić information content (AvgIpc) is 2.99. The molecule has 2 aromatic heterocycles. The Morgan fingerprint density at radius 2 is 2.41 bits per heavy atom. The smallest absolute Gasteiger partial charge is 0.231 e. The van der Waals surface area contributed by atoms with Crippen molar-refractivity contribution < 1.29 is 4.52 Å². The zero-order chi connectivity index (χ0) is 11.8. The van der Waals surface area contributed by atoms with Crippen LogP contribution in [-0.4, -0.2) is 15.1 Å². The molecule has 1 fully saturated rings. The zero-order valence-corrected chi connectivity index (χ0v) is 9.29. The summed E-state index contributed by atoms with van der Waals surface area (Å²) in [5, 5.41) is 12.7. The van der Waals surface area contributed by atoms with Crippen LogP contribution in [0.25, 0.3) is 11.5 Å². The van der Waals surface area contributed by atoms with Gasteiger partial charge in [0, 0.05) is 6.20 Å². The molecule has 0 aromatic carbocycles. The van der Waals surface area contributed by atoms with E-state index >= 15 is 0 Å². The van der Waals surface area contributed by atoms with Crippen molar-refractivity contribution in [1.29, 1.82) is 5.26 Å². The van der Waals surface area contributed by atoms with E-state index in [0.29, 0.717) is 11.7 Å². The van der Waals surface area contributed by atoms with Gasteiger partial charge in [0.05, 0.1) is 17.9 Å². The molecule has 0 amide bonds. The summed E-state index contributed by atoms with van der Waals surface area (Å²) in [5.74, 6) is 1.21. The van der Waals surface area contributed by atoms with Crippen molar-refractivity contribution in [2.45, 2.75) is 19.3 Å². The normalized spacial score (nSPS) is 22.1. The van der Waals surface area contributed by atoms with Crippen LogP contribution in [0, 0.1) is 24.2 Å². The molecule has 3 rings (SSSR count). The predicted molar refractivity (Wildman–Crippen MR) is 58.7 cm³/mol. The number of pyridine rings is 1. The van der Waals surface area contributed by atoms with Gasteiger partial charge in [0.15, 0.2) is 0 Å². The topological polar surface area (TPSA) is 75.6 Å². The predicted octanol–water partition coefficient (Wildman–Crippen LogP) is 2.07. The van der Waals surface area contributed by atoms with Crippen molar-refractivity contribution >= 4 is 0 Å². The molecule has 2 heterocycles. The van der Waals surface area contributed by atoms with E-state index in [1.807, 2.05) is 19.1 Å². The average molecular weight is 226 g/mol. The Morgan fingerprint density at radius 3 is 3.12 bits per heavy atom. The summed E-state index contributed by atoms with van der Waals surface area (Å²) in [6, 6.07) is 6.02. The van der Waals surface area contributed by atoms with Crippen molar-refractivity contribution in [1.82, 2.24) is 15.1 Å². The molecule has 0 saturated heterocycles. The van der Waals surface area contributed by atoms with Crippen LogP contribution in [0.5, 0.6) is 0 Å². The highest BCUT2D eigenvalue weighted by Crippen LogP contribution is 2.46. The molecule has 1 aliphatic rings. The fourth-order valence-corrected chi connectivity index (χ4v) is 1.81. The second-order valence-corrected chi connectivity index (χ2v) is 4.20. The van der Waals surface area contributed by atoms with Gasteiger partial charge in [-0.25, -0.2) is 0 Å².